The van der Waals surface area contributed by atoms with Crippen molar-refractivity contribution >= 4 is 0 Å². The average molecular weight is 211 g/mol. The van der Waals surface area contributed by atoms with Gasteiger partial charge in [-0.2, -0.15) is 4.98 Å². The Balaban J connectivity index is 1.93. The van der Waals surface area contributed by atoms with Gasteiger partial charge in [0.25, 0.3) is 0 Å². The van der Waals surface area contributed by atoms with Crippen LogP contribution in [0.25, 0.3) is 0 Å². The summed E-state index contributed by atoms with van der Waals surface area (Å²) in [6.45, 7) is 6.33. The van der Waals surface area contributed by atoms with E-state index in [-0.39, 0.29) is 6.10 Å². The maximum Gasteiger partial charge on any atom is 0.240 e. The number of rotatable bonds is 3. The molecule has 0 spiro atoms. The van der Waals surface area contributed by atoms with Crippen LogP contribution in [-0.2, 0) is 6.54 Å². The van der Waals surface area contributed by atoms with Crippen LogP contribution in [0, 0.1) is 0 Å². The minimum absolute atomic E-state index is 0.197. The van der Waals surface area contributed by atoms with E-state index >= 15 is 0 Å². The van der Waals surface area contributed by atoms with Gasteiger partial charge in [0, 0.05) is 19.0 Å². The lowest BCUT2D eigenvalue weighted by Gasteiger charge is -2.10. The zero-order valence-electron chi connectivity index (χ0n) is 9.18. The zero-order chi connectivity index (χ0) is 10.8. The van der Waals surface area contributed by atoms with E-state index in [0.717, 1.165) is 18.8 Å². The minimum Gasteiger partial charge on any atom is -0.392 e. The second-order valence-corrected chi connectivity index (χ2v) is 4.38. The molecule has 0 saturated carbocycles. The van der Waals surface area contributed by atoms with Gasteiger partial charge in [-0.3, -0.25) is 4.90 Å². The number of aliphatic hydroxyl groups excluding tert-OH is 1. The quantitative estimate of drug-likeness (QED) is 0.799. The van der Waals surface area contributed by atoms with E-state index in [4.69, 9.17) is 4.52 Å². The van der Waals surface area contributed by atoms with Crippen molar-refractivity contribution in [3.05, 3.63) is 11.7 Å². The van der Waals surface area contributed by atoms with E-state index in [1.807, 2.05) is 13.8 Å². The van der Waals surface area contributed by atoms with Gasteiger partial charge < -0.3 is 9.63 Å². The Kier molecular flexibility index (Phi) is 3.02. The molecule has 1 atom stereocenters. The maximum atomic E-state index is 9.36. The first kappa shape index (κ1) is 10.6. The van der Waals surface area contributed by atoms with E-state index in [1.54, 1.807) is 0 Å². The Bertz CT molecular complexity index is 324. The van der Waals surface area contributed by atoms with Crippen LogP contribution in [0.1, 0.15) is 37.9 Å². The van der Waals surface area contributed by atoms with E-state index < -0.39 is 0 Å². The van der Waals surface area contributed by atoms with Gasteiger partial charge in [0.05, 0.1) is 12.6 Å². The maximum absolute atomic E-state index is 9.36. The second-order valence-electron chi connectivity index (χ2n) is 4.38. The molecule has 5 nitrogen and oxygen atoms in total. The number of β-amino-alcohol motifs (C(OH)–C–C–N with tert-alkyl or cyclic N) is 1. The molecule has 15 heavy (non-hydrogen) atoms. The smallest absolute Gasteiger partial charge is 0.240 e. The Morgan fingerprint density at radius 1 is 1.60 bits per heavy atom. The molecule has 2 rings (SSSR count). The molecule has 1 fully saturated rings. The molecular weight excluding hydrogens is 194 g/mol. The van der Waals surface area contributed by atoms with Crippen molar-refractivity contribution < 1.29 is 9.63 Å². The molecule has 1 N–H and O–H groups in total. The van der Waals surface area contributed by atoms with Crippen LogP contribution in [0.15, 0.2) is 4.52 Å². The lowest BCUT2D eigenvalue weighted by Crippen LogP contribution is -2.21. The van der Waals surface area contributed by atoms with Crippen LogP contribution in [0.4, 0.5) is 0 Å². The van der Waals surface area contributed by atoms with Gasteiger partial charge >= 0.3 is 0 Å². The third-order valence-electron chi connectivity index (χ3n) is 2.61. The number of hydrogen-bond donors (Lipinski definition) is 1. The van der Waals surface area contributed by atoms with Gasteiger partial charge in [0.2, 0.25) is 5.89 Å². The number of likely N-dealkylation sites (tertiary alicyclic amines) is 1. The van der Waals surface area contributed by atoms with Crippen molar-refractivity contribution in [3.63, 3.8) is 0 Å². The molecule has 1 aromatic heterocycles. The van der Waals surface area contributed by atoms with Crippen molar-refractivity contribution in [2.45, 2.75) is 38.8 Å². The number of hydrogen-bond acceptors (Lipinski definition) is 5. The van der Waals surface area contributed by atoms with Crippen LogP contribution in [-0.4, -0.2) is 39.3 Å². The van der Waals surface area contributed by atoms with Crippen molar-refractivity contribution in [2.75, 3.05) is 13.1 Å². The molecule has 84 valence electrons. The Labute approximate surface area is 89.1 Å². The van der Waals surface area contributed by atoms with Crippen LogP contribution < -0.4 is 0 Å². The van der Waals surface area contributed by atoms with Gasteiger partial charge in [0.1, 0.15) is 0 Å². The molecule has 1 aromatic rings. The minimum atomic E-state index is -0.197. The van der Waals surface area contributed by atoms with E-state index in [2.05, 4.69) is 15.0 Å². The van der Waals surface area contributed by atoms with Crippen molar-refractivity contribution in [3.8, 4) is 0 Å². The fourth-order valence-corrected chi connectivity index (χ4v) is 1.71. The zero-order valence-corrected chi connectivity index (χ0v) is 9.18. The topological polar surface area (TPSA) is 62.4 Å². The molecular formula is C10H17N3O2. The standard InChI is InChI=1S/C10H17N3O2/c1-7(2)10-11-9(15-12-10)6-13-4-3-8(14)5-13/h7-8,14H,3-6H2,1-2H3/t8-/m1/s1. The Morgan fingerprint density at radius 3 is 2.93 bits per heavy atom. The van der Waals surface area contributed by atoms with Crippen LogP contribution in [0.3, 0.4) is 0 Å². The fraction of sp³-hybridized carbons (Fsp3) is 0.800. The largest absolute Gasteiger partial charge is 0.392 e. The Hall–Kier alpha value is -0.940. The molecule has 0 aliphatic carbocycles. The van der Waals surface area contributed by atoms with Gasteiger partial charge in [0.15, 0.2) is 5.82 Å². The highest BCUT2D eigenvalue weighted by molar-refractivity contribution is 4.92. The number of aliphatic hydroxyl groups is 1. The normalized spacial score (nSPS) is 22.8. The predicted octanol–water partition coefficient (Wildman–Crippen LogP) is 0.760. The molecule has 0 amide bonds. The Morgan fingerprint density at radius 2 is 2.40 bits per heavy atom. The van der Waals surface area contributed by atoms with Crippen LogP contribution in [0.2, 0.25) is 0 Å². The fourth-order valence-electron chi connectivity index (χ4n) is 1.71. The van der Waals surface area contributed by atoms with Crippen LogP contribution in [0.5, 0.6) is 0 Å². The van der Waals surface area contributed by atoms with Crippen molar-refractivity contribution in [1.29, 1.82) is 0 Å². The molecule has 0 unspecified atom stereocenters. The predicted molar refractivity (Wildman–Crippen MR) is 54.3 cm³/mol. The SMILES string of the molecule is CC(C)c1noc(CN2CC[C@@H](O)C2)n1. The van der Waals surface area contributed by atoms with E-state index in [1.165, 1.54) is 0 Å². The van der Waals surface area contributed by atoms with Crippen molar-refractivity contribution in [1.82, 2.24) is 15.0 Å². The lowest BCUT2D eigenvalue weighted by atomic mass is 10.2. The molecule has 2 heterocycles. The van der Waals surface area contributed by atoms with Gasteiger partial charge in [-0.25, -0.2) is 0 Å². The third-order valence-corrected chi connectivity index (χ3v) is 2.61. The molecule has 0 radical (unpaired) electrons. The summed E-state index contributed by atoms with van der Waals surface area (Å²) in [5, 5.41) is 13.3. The first-order valence-corrected chi connectivity index (χ1v) is 5.38. The van der Waals surface area contributed by atoms with Crippen LogP contribution >= 0.6 is 0 Å². The molecule has 1 saturated heterocycles. The van der Waals surface area contributed by atoms with Gasteiger partial charge in [-0.05, 0) is 6.42 Å². The highest BCUT2D eigenvalue weighted by atomic mass is 16.5. The summed E-state index contributed by atoms with van der Waals surface area (Å²) in [6.07, 6.45) is 0.642. The highest BCUT2D eigenvalue weighted by Gasteiger charge is 2.22. The van der Waals surface area contributed by atoms with E-state index in [0.29, 0.717) is 24.9 Å². The molecule has 1 aliphatic rings. The number of aromatic nitrogens is 2. The first-order chi connectivity index (χ1) is 7.15. The molecule has 0 aromatic carbocycles. The summed E-state index contributed by atoms with van der Waals surface area (Å²) in [5.41, 5.74) is 0. The highest BCUT2D eigenvalue weighted by Crippen LogP contribution is 2.14. The molecule has 1 aliphatic heterocycles. The van der Waals surface area contributed by atoms with Gasteiger partial charge in [-0.1, -0.05) is 19.0 Å². The molecule has 5 heteroatoms. The number of nitrogens with zero attached hydrogens (tertiary/aromatic N) is 3. The van der Waals surface area contributed by atoms with Crippen molar-refractivity contribution in [2.24, 2.45) is 0 Å². The summed E-state index contributed by atoms with van der Waals surface area (Å²) in [6, 6.07) is 0. The lowest BCUT2D eigenvalue weighted by molar-refractivity contribution is 0.169. The van der Waals surface area contributed by atoms with E-state index in [9.17, 15) is 5.11 Å². The van der Waals surface area contributed by atoms with Gasteiger partial charge in [-0.15, -0.1) is 0 Å². The first-order valence-electron chi connectivity index (χ1n) is 5.38. The summed E-state index contributed by atoms with van der Waals surface area (Å²) < 4.78 is 5.14. The third kappa shape index (κ3) is 2.54. The summed E-state index contributed by atoms with van der Waals surface area (Å²) in [7, 11) is 0. The average Bonchev–Trinajstić information content (AvgIpc) is 2.76. The summed E-state index contributed by atoms with van der Waals surface area (Å²) in [4.78, 5) is 6.42. The monoisotopic (exact) mass is 211 g/mol. The molecule has 0 bridgehead atoms. The summed E-state index contributed by atoms with van der Waals surface area (Å²) in [5.74, 6) is 1.70. The summed E-state index contributed by atoms with van der Waals surface area (Å²) >= 11 is 0. The second kappa shape index (κ2) is 4.28.